The molecule has 0 atom stereocenters. The summed E-state index contributed by atoms with van der Waals surface area (Å²) < 4.78 is 0. The SMILES string of the molecule is Cc1cccc(-c2cccc(C)n2)n1.Cc1cccc(C)n1. The molecule has 22 heavy (non-hydrogen) atoms. The summed E-state index contributed by atoms with van der Waals surface area (Å²) in [5, 5.41) is 0. The quantitative estimate of drug-likeness (QED) is 0.664. The molecule has 0 aliphatic heterocycles. The lowest BCUT2D eigenvalue weighted by molar-refractivity contribution is 1.12. The second-order valence-electron chi connectivity index (χ2n) is 5.25. The van der Waals surface area contributed by atoms with Gasteiger partial charge in [0.05, 0.1) is 11.4 Å². The molecule has 0 radical (unpaired) electrons. The highest BCUT2D eigenvalue weighted by atomic mass is 14.8. The zero-order valence-corrected chi connectivity index (χ0v) is 13.5. The summed E-state index contributed by atoms with van der Waals surface area (Å²) in [6.07, 6.45) is 0. The van der Waals surface area contributed by atoms with Gasteiger partial charge in [-0.05, 0) is 64.1 Å². The van der Waals surface area contributed by atoms with Crippen molar-refractivity contribution in [3.63, 3.8) is 0 Å². The Morgan fingerprint density at radius 1 is 0.455 bits per heavy atom. The van der Waals surface area contributed by atoms with Gasteiger partial charge in [-0.1, -0.05) is 18.2 Å². The van der Waals surface area contributed by atoms with Crippen molar-refractivity contribution in [1.29, 1.82) is 0 Å². The summed E-state index contributed by atoms with van der Waals surface area (Å²) in [6, 6.07) is 17.9. The van der Waals surface area contributed by atoms with Crippen LogP contribution in [0.1, 0.15) is 22.8 Å². The monoisotopic (exact) mass is 291 g/mol. The second-order valence-corrected chi connectivity index (χ2v) is 5.25. The van der Waals surface area contributed by atoms with Crippen LogP contribution in [0.2, 0.25) is 0 Å². The van der Waals surface area contributed by atoms with Gasteiger partial charge in [-0.25, -0.2) is 0 Å². The van der Waals surface area contributed by atoms with Gasteiger partial charge in [-0.2, -0.15) is 0 Å². The minimum atomic E-state index is 0.939. The molecular weight excluding hydrogens is 270 g/mol. The summed E-state index contributed by atoms with van der Waals surface area (Å²) in [5.41, 5.74) is 6.09. The number of aromatic nitrogens is 3. The van der Waals surface area contributed by atoms with E-state index in [1.165, 1.54) is 0 Å². The molecular formula is C19H21N3. The van der Waals surface area contributed by atoms with E-state index in [-0.39, 0.29) is 0 Å². The average Bonchev–Trinajstić information content (AvgIpc) is 2.48. The summed E-state index contributed by atoms with van der Waals surface area (Å²) in [7, 11) is 0. The van der Waals surface area contributed by atoms with Gasteiger partial charge in [-0.15, -0.1) is 0 Å². The Morgan fingerprint density at radius 3 is 1.05 bits per heavy atom. The summed E-state index contributed by atoms with van der Waals surface area (Å²) in [5.74, 6) is 0. The average molecular weight is 291 g/mol. The molecule has 3 nitrogen and oxygen atoms in total. The lowest BCUT2D eigenvalue weighted by Crippen LogP contribution is -1.90. The Labute approximate surface area is 132 Å². The van der Waals surface area contributed by atoms with Crippen LogP contribution in [0.5, 0.6) is 0 Å². The smallest absolute Gasteiger partial charge is 0.0889 e. The van der Waals surface area contributed by atoms with Gasteiger partial charge in [0, 0.05) is 22.8 Å². The van der Waals surface area contributed by atoms with Gasteiger partial charge in [0.25, 0.3) is 0 Å². The van der Waals surface area contributed by atoms with Crippen LogP contribution in [-0.4, -0.2) is 15.0 Å². The van der Waals surface area contributed by atoms with E-state index in [2.05, 4.69) is 15.0 Å². The highest BCUT2D eigenvalue weighted by molar-refractivity contribution is 5.54. The van der Waals surface area contributed by atoms with Gasteiger partial charge < -0.3 is 0 Å². The van der Waals surface area contributed by atoms with Crippen LogP contribution in [0.25, 0.3) is 11.4 Å². The molecule has 0 bridgehead atoms. The van der Waals surface area contributed by atoms with Gasteiger partial charge >= 0.3 is 0 Å². The Hall–Kier alpha value is -2.55. The maximum absolute atomic E-state index is 4.42. The normalized spacial score (nSPS) is 9.82. The molecule has 0 aliphatic carbocycles. The van der Waals surface area contributed by atoms with Crippen LogP contribution in [-0.2, 0) is 0 Å². The van der Waals surface area contributed by atoms with E-state index < -0.39 is 0 Å². The first kappa shape index (κ1) is 15.8. The van der Waals surface area contributed by atoms with Crippen molar-refractivity contribution in [3.8, 4) is 11.4 Å². The van der Waals surface area contributed by atoms with Crippen molar-refractivity contribution in [2.45, 2.75) is 27.7 Å². The van der Waals surface area contributed by atoms with Crippen LogP contribution >= 0.6 is 0 Å². The van der Waals surface area contributed by atoms with Crippen molar-refractivity contribution in [1.82, 2.24) is 15.0 Å². The highest BCUT2D eigenvalue weighted by Gasteiger charge is 1.99. The fourth-order valence-electron chi connectivity index (χ4n) is 2.05. The summed E-state index contributed by atoms with van der Waals surface area (Å²) in [4.78, 5) is 13.0. The standard InChI is InChI=1S/C12H12N2.C7H9N/c1-9-5-3-7-11(13-9)12-8-4-6-10(2)14-12;1-6-4-3-5-7(2)8-6/h3-8H,1-2H3;3-5H,1-2H3. The maximum Gasteiger partial charge on any atom is 0.0889 e. The molecule has 0 spiro atoms. The number of hydrogen-bond donors (Lipinski definition) is 0. The molecule has 0 saturated carbocycles. The minimum absolute atomic E-state index is 0.939. The zero-order chi connectivity index (χ0) is 15.9. The molecule has 0 aromatic carbocycles. The summed E-state index contributed by atoms with van der Waals surface area (Å²) >= 11 is 0. The molecule has 0 N–H and O–H groups in total. The van der Waals surface area contributed by atoms with E-state index in [4.69, 9.17) is 0 Å². The van der Waals surface area contributed by atoms with E-state index in [9.17, 15) is 0 Å². The first-order valence-corrected chi connectivity index (χ1v) is 7.32. The Bertz CT molecular complexity index is 690. The van der Waals surface area contributed by atoms with Crippen molar-refractivity contribution in [2.24, 2.45) is 0 Å². The van der Waals surface area contributed by atoms with E-state index in [0.717, 1.165) is 34.2 Å². The fraction of sp³-hybridized carbons (Fsp3) is 0.211. The first-order chi connectivity index (χ1) is 10.5. The van der Waals surface area contributed by atoms with E-state index >= 15 is 0 Å². The molecule has 3 heterocycles. The molecule has 3 rings (SSSR count). The van der Waals surface area contributed by atoms with Crippen molar-refractivity contribution >= 4 is 0 Å². The topological polar surface area (TPSA) is 38.7 Å². The lowest BCUT2D eigenvalue weighted by atomic mass is 10.2. The Balaban J connectivity index is 0.000000188. The molecule has 0 saturated heterocycles. The lowest BCUT2D eigenvalue weighted by Gasteiger charge is -2.01. The summed E-state index contributed by atoms with van der Waals surface area (Å²) in [6.45, 7) is 7.96. The Kier molecular flexibility index (Phi) is 5.37. The highest BCUT2D eigenvalue weighted by Crippen LogP contribution is 2.14. The number of rotatable bonds is 1. The first-order valence-electron chi connectivity index (χ1n) is 7.32. The van der Waals surface area contributed by atoms with Crippen LogP contribution in [0.3, 0.4) is 0 Å². The van der Waals surface area contributed by atoms with Gasteiger partial charge in [0.1, 0.15) is 0 Å². The molecule has 3 heteroatoms. The van der Waals surface area contributed by atoms with Crippen molar-refractivity contribution in [2.75, 3.05) is 0 Å². The molecule has 3 aromatic rings. The molecule has 112 valence electrons. The third-order valence-corrected chi connectivity index (χ3v) is 3.07. The Morgan fingerprint density at radius 2 is 0.773 bits per heavy atom. The molecule has 0 unspecified atom stereocenters. The number of hydrogen-bond acceptors (Lipinski definition) is 3. The third-order valence-electron chi connectivity index (χ3n) is 3.07. The molecule has 0 fully saturated rings. The number of nitrogens with zero attached hydrogens (tertiary/aromatic N) is 3. The van der Waals surface area contributed by atoms with Crippen LogP contribution in [0.4, 0.5) is 0 Å². The van der Waals surface area contributed by atoms with Gasteiger partial charge in [0.2, 0.25) is 0 Å². The number of pyridine rings is 3. The number of aryl methyl sites for hydroxylation is 4. The maximum atomic E-state index is 4.42. The predicted octanol–water partition coefficient (Wildman–Crippen LogP) is 4.46. The third kappa shape index (κ3) is 4.77. The van der Waals surface area contributed by atoms with Crippen LogP contribution in [0.15, 0.2) is 54.6 Å². The fourth-order valence-corrected chi connectivity index (χ4v) is 2.05. The predicted molar refractivity (Wildman–Crippen MR) is 90.7 cm³/mol. The largest absolute Gasteiger partial charge is 0.258 e. The van der Waals surface area contributed by atoms with Crippen LogP contribution in [0, 0.1) is 27.7 Å². The minimum Gasteiger partial charge on any atom is -0.258 e. The van der Waals surface area contributed by atoms with Crippen molar-refractivity contribution in [3.05, 3.63) is 77.4 Å². The van der Waals surface area contributed by atoms with E-state index in [0.29, 0.717) is 0 Å². The second kappa shape index (κ2) is 7.46. The molecule has 0 aliphatic rings. The van der Waals surface area contributed by atoms with Crippen molar-refractivity contribution < 1.29 is 0 Å². The van der Waals surface area contributed by atoms with Gasteiger partial charge in [0.15, 0.2) is 0 Å². The van der Waals surface area contributed by atoms with E-state index in [1.807, 2.05) is 82.3 Å². The van der Waals surface area contributed by atoms with E-state index in [1.54, 1.807) is 0 Å². The zero-order valence-electron chi connectivity index (χ0n) is 13.5. The van der Waals surface area contributed by atoms with Crippen LogP contribution < -0.4 is 0 Å². The molecule has 3 aromatic heterocycles. The molecule has 0 amide bonds. The van der Waals surface area contributed by atoms with Gasteiger partial charge in [-0.3, -0.25) is 15.0 Å².